The summed E-state index contributed by atoms with van der Waals surface area (Å²) in [6.45, 7) is 0. The van der Waals surface area contributed by atoms with Crippen molar-refractivity contribution in [2.45, 2.75) is 0 Å². The molecule has 0 radical (unpaired) electrons. The van der Waals surface area contributed by atoms with E-state index in [-0.39, 0.29) is 21.1 Å². The van der Waals surface area contributed by atoms with E-state index in [4.69, 9.17) is 23.2 Å². The summed E-state index contributed by atoms with van der Waals surface area (Å²) in [4.78, 5) is 30.2. The van der Waals surface area contributed by atoms with Crippen LogP contribution in [0.5, 0.6) is 5.75 Å². The van der Waals surface area contributed by atoms with Crippen molar-refractivity contribution in [1.29, 1.82) is 5.26 Å². The normalized spacial score (nSPS) is 10.8. The maximum atomic E-state index is 12.8. The predicted molar refractivity (Wildman–Crippen MR) is 113 cm³/mol. The molecule has 0 aliphatic heterocycles. The molecule has 0 saturated carbocycles. The zero-order valence-electron chi connectivity index (χ0n) is 14.4. The summed E-state index contributed by atoms with van der Waals surface area (Å²) in [5, 5.41) is 20.9. The van der Waals surface area contributed by atoms with Crippen LogP contribution in [0.25, 0.3) is 26.7 Å². The molecule has 2 heterocycles. The molecule has 0 spiro atoms. The van der Waals surface area contributed by atoms with Gasteiger partial charge in [0.25, 0.3) is 5.56 Å². The van der Waals surface area contributed by atoms with Crippen molar-refractivity contribution in [2.75, 3.05) is 0 Å². The van der Waals surface area contributed by atoms with Crippen LogP contribution in [0.1, 0.15) is 5.56 Å². The number of fused-ring (bicyclic) bond motifs is 1. The van der Waals surface area contributed by atoms with Gasteiger partial charge in [0.05, 0.1) is 10.6 Å². The second-order valence-corrected chi connectivity index (χ2v) is 7.82. The molecule has 6 nitrogen and oxygen atoms in total. The minimum absolute atomic E-state index is 0.0479. The second kappa shape index (κ2) is 7.33. The zero-order valence-corrected chi connectivity index (χ0v) is 16.7. The molecule has 9 heteroatoms. The number of aromatic nitrogens is 2. The number of rotatable bonds is 2. The lowest BCUT2D eigenvalue weighted by atomic mass is 10.1. The first kappa shape index (κ1) is 19.2. The lowest BCUT2D eigenvalue weighted by Gasteiger charge is -2.09. The minimum atomic E-state index is -0.944. The molecular formula is C20H9Cl2N3O3S. The third kappa shape index (κ3) is 3.28. The van der Waals surface area contributed by atoms with E-state index in [9.17, 15) is 20.0 Å². The molecule has 0 amide bonds. The molecule has 2 aromatic carbocycles. The third-order valence-corrected chi connectivity index (χ3v) is 5.80. The Morgan fingerprint density at radius 2 is 1.48 bits per heavy atom. The molecule has 0 saturated heterocycles. The van der Waals surface area contributed by atoms with Gasteiger partial charge in [0.15, 0.2) is 0 Å². The summed E-state index contributed by atoms with van der Waals surface area (Å²) in [5.74, 6) is -0.600. The van der Waals surface area contributed by atoms with E-state index in [2.05, 4.69) is 4.98 Å². The number of nitrogens with zero attached hydrogens (tertiary/aromatic N) is 3. The first-order valence-electron chi connectivity index (χ1n) is 8.15. The van der Waals surface area contributed by atoms with Gasteiger partial charge in [0.1, 0.15) is 11.6 Å². The maximum Gasteiger partial charge on any atom is 0.303 e. The van der Waals surface area contributed by atoms with E-state index in [1.54, 1.807) is 48.5 Å². The lowest BCUT2D eigenvalue weighted by Crippen LogP contribution is -2.29. The molecule has 29 heavy (non-hydrogen) atoms. The van der Waals surface area contributed by atoms with Crippen LogP contribution in [0.2, 0.25) is 10.0 Å². The average Bonchev–Trinajstić information content (AvgIpc) is 2.71. The molecule has 1 N–H and O–H groups in total. The van der Waals surface area contributed by atoms with E-state index in [1.165, 1.54) is 0 Å². The van der Waals surface area contributed by atoms with Gasteiger partial charge in [-0.05, 0) is 29.8 Å². The molecule has 0 atom stereocenters. The van der Waals surface area contributed by atoms with Crippen molar-refractivity contribution in [3.8, 4) is 33.5 Å². The van der Waals surface area contributed by atoms with Crippen molar-refractivity contribution in [1.82, 2.24) is 9.38 Å². The van der Waals surface area contributed by atoms with Crippen LogP contribution in [-0.4, -0.2) is 14.5 Å². The quantitative estimate of drug-likeness (QED) is 0.499. The molecule has 0 aliphatic rings. The molecule has 0 bridgehead atoms. The van der Waals surface area contributed by atoms with E-state index >= 15 is 0 Å². The van der Waals surface area contributed by atoms with Gasteiger partial charge in [-0.15, -0.1) is 0 Å². The monoisotopic (exact) mass is 441 g/mol. The Kier molecular flexibility index (Phi) is 4.84. The van der Waals surface area contributed by atoms with Crippen molar-refractivity contribution < 1.29 is 5.11 Å². The number of nitriles is 1. The SMILES string of the molecule is N#Cc1c(-c2ccc(Cl)cc2)nc2sc(-c3ccc(Cl)cc3)c(O)c(=O)n2c1=O. The number of hydrogen-bond acceptors (Lipinski definition) is 6. The van der Waals surface area contributed by atoms with Gasteiger partial charge < -0.3 is 5.11 Å². The van der Waals surface area contributed by atoms with Gasteiger partial charge >= 0.3 is 5.56 Å². The van der Waals surface area contributed by atoms with Crippen molar-refractivity contribution in [2.24, 2.45) is 0 Å². The lowest BCUT2D eigenvalue weighted by molar-refractivity contribution is 0.469. The van der Waals surface area contributed by atoms with Gasteiger partial charge in [-0.3, -0.25) is 9.59 Å². The Morgan fingerprint density at radius 3 is 2.03 bits per heavy atom. The van der Waals surface area contributed by atoms with Gasteiger partial charge in [-0.1, -0.05) is 58.8 Å². The number of halogens is 2. The van der Waals surface area contributed by atoms with Gasteiger partial charge in [-0.25, -0.2) is 9.38 Å². The largest absolute Gasteiger partial charge is 0.502 e. The van der Waals surface area contributed by atoms with Crippen LogP contribution in [0.3, 0.4) is 0 Å². The summed E-state index contributed by atoms with van der Waals surface area (Å²) in [6, 6.07) is 14.8. The highest BCUT2D eigenvalue weighted by Gasteiger charge is 2.20. The average molecular weight is 442 g/mol. The second-order valence-electron chi connectivity index (χ2n) is 5.97. The molecule has 4 aromatic rings. The Morgan fingerprint density at radius 1 is 0.931 bits per heavy atom. The van der Waals surface area contributed by atoms with Gasteiger partial charge in [0, 0.05) is 15.6 Å². The fourth-order valence-corrected chi connectivity index (χ4v) is 4.07. The highest BCUT2D eigenvalue weighted by Crippen LogP contribution is 2.33. The first-order chi connectivity index (χ1) is 13.9. The third-order valence-electron chi connectivity index (χ3n) is 4.20. The summed E-state index contributed by atoms with van der Waals surface area (Å²) in [7, 11) is 0. The predicted octanol–water partition coefficient (Wildman–Crippen LogP) is 4.33. The van der Waals surface area contributed by atoms with Crippen LogP contribution in [0.15, 0.2) is 58.1 Å². The van der Waals surface area contributed by atoms with Gasteiger partial charge in [-0.2, -0.15) is 5.26 Å². The Balaban J connectivity index is 2.08. The van der Waals surface area contributed by atoms with Crippen molar-refractivity contribution in [3.63, 3.8) is 0 Å². The first-order valence-corrected chi connectivity index (χ1v) is 9.72. The van der Waals surface area contributed by atoms with Crippen LogP contribution < -0.4 is 11.1 Å². The standard InChI is InChI=1S/C20H9Cl2N3O3S/c21-12-5-1-10(2-6-12)15-14(9-23)18(27)25-19(28)16(26)17(29-20(25)24-15)11-3-7-13(22)8-4-11/h1-8,26H. The van der Waals surface area contributed by atoms with E-state index in [1.807, 2.05) is 6.07 Å². The maximum absolute atomic E-state index is 12.8. The zero-order chi connectivity index (χ0) is 20.7. The number of aromatic hydroxyl groups is 1. The highest BCUT2D eigenvalue weighted by molar-refractivity contribution is 7.20. The Bertz CT molecular complexity index is 1420. The highest BCUT2D eigenvalue weighted by atomic mass is 35.5. The van der Waals surface area contributed by atoms with Crippen LogP contribution in [0, 0.1) is 11.3 Å². The van der Waals surface area contributed by atoms with E-state index < -0.39 is 16.9 Å². The van der Waals surface area contributed by atoms with Crippen LogP contribution in [-0.2, 0) is 0 Å². The van der Waals surface area contributed by atoms with Gasteiger partial charge in [0.2, 0.25) is 10.7 Å². The number of benzene rings is 2. The number of hydrogen-bond donors (Lipinski definition) is 1. The molecule has 0 unspecified atom stereocenters. The fourth-order valence-electron chi connectivity index (χ4n) is 2.81. The smallest absolute Gasteiger partial charge is 0.303 e. The Labute approximate surface area is 177 Å². The summed E-state index contributed by atoms with van der Waals surface area (Å²) in [5.41, 5.74) is -0.901. The van der Waals surface area contributed by atoms with Crippen molar-refractivity contribution >= 4 is 39.5 Å². The molecule has 2 aromatic heterocycles. The Hall–Kier alpha value is -3.18. The molecule has 0 aliphatic carbocycles. The van der Waals surface area contributed by atoms with Crippen LogP contribution >= 0.6 is 34.5 Å². The molecule has 142 valence electrons. The molecule has 4 rings (SSSR count). The van der Waals surface area contributed by atoms with E-state index in [0.29, 0.717) is 25.6 Å². The van der Waals surface area contributed by atoms with E-state index in [0.717, 1.165) is 11.3 Å². The van der Waals surface area contributed by atoms with Crippen molar-refractivity contribution in [3.05, 3.63) is 84.8 Å². The fraction of sp³-hybridized carbons (Fsp3) is 0. The summed E-state index contributed by atoms with van der Waals surface area (Å²) >= 11 is 12.8. The summed E-state index contributed by atoms with van der Waals surface area (Å²) in [6.07, 6.45) is 0. The topological polar surface area (TPSA) is 95.5 Å². The molecular weight excluding hydrogens is 433 g/mol. The summed E-state index contributed by atoms with van der Waals surface area (Å²) < 4.78 is 0.706. The minimum Gasteiger partial charge on any atom is -0.502 e. The van der Waals surface area contributed by atoms with Crippen LogP contribution in [0.4, 0.5) is 0 Å². The molecule has 0 fully saturated rings.